The van der Waals surface area contributed by atoms with Gasteiger partial charge in [0.05, 0.1) is 5.69 Å². The lowest BCUT2D eigenvalue weighted by Crippen LogP contribution is -2.15. The van der Waals surface area contributed by atoms with Crippen LogP contribution in [0.1, 0.15) is 28.2 Å². The molecule has 4 nitrogen and oxygen atoms in total. The van der Waals surface area contributed by atoms with E-state index >= 15 is 0 Å². The molecule has 0 bridgehead atoms. The van der Waals surface area contributed by atoms with Crippen LogP contribution < -0.4 is 5.43 Å². The minimum Gasteiger partial charge on any atom is -0.477 e. The van der Waals surface area contributed by atoms with Gasteiger partial charge in [-0.1, -0.05) is 0 Å². The second-order valence-electron chi connectivity index (χ2n) is 2.69. The van der Waals surface area contributed by atoms with E-state index in [1.807, 2.05) is 4.98 Å². The number of aromatic nitrogens is 1. The highest BCUT2D eigenvalue weighted by atomic mass is 19.3. The van der Waals surface area contributed by atoms with Crippen LogP contribution in [0, 0.1) is 6.92 Å². The fourth-order valence-electron chi connectivity index (χ4n) is 0.980. The molecule has 0 fully saturated rings. The standard InChI is InChI=1S/C8H7F2NO3/c1-3-5(12)2-4(8(13)14)11-6(3)7(9)10/h2,7H,1H3,(H,11,12)(H,13,14). The average molecular weight is 203 g/mol. The van der Waals surface area contributed by atoms with Gasteiger partial charge in [-0.05, 0) is 6.92 Å². The fourth-order valence-corrected chi connectivity index (χ4v) is 0.980. The van der Waals surface area contributed by atoms with Crippen LogP contribution in [0.15, 0.2) is 10.9 Å². The van der Waals surface area contributed by atoms with E-state index in [0.717, 1.165) is 6.07 Å². The largest absolute Gasteiger partial charge is 0.477 e. The lowest BCUT2D eigenvalue weighted by molar-refractivity contribution is 0.0688. The summed E-state index contributed by atoms with van der Waals surface area (Å²) in [4.78, 5) is 23.5. The lowest BCUT2D eigenvalue weighted by Gasteiger charge is -2.05. The van der Waals surface area contributed by atoms with Crippen LogP contribution in [-0.4, -0.2) is 16.1 Å². The zero-order chi connectivity index (χ0) is 10.9. The Morgan fingerprint density at radius 2 is 2.14 bits per heavy atom. The topological polar surface area (TPSA) is 70.2 Å². The van der Waals surface area contributed by atoms with Crippen molar-refractivity contribution < 1.29 is 18.7 Å². The highest BCUT2D eigenvalue weighted by Gasteiger charge is 2.16. The van der Waals surface area contributed by atoms with Gasteiger partial charge in [-0.15, -0.1) is 0 Å². The van der Waals surface area contributed by atoms with E-state index < -0.39 is 29.2 Å². The molecule has 0 aliphatic carbocycles. The summed E-state index contributed by atoms with van der Waals surface area (Å²) in [6.07, 6.45) is -2.89. The van der Waals surface area contributed by atoms with Gasteiger partial charge in [0.15, 0.2) is 5.43 Å². The number of carboxylic acid groups (broad SMARTS) is 1. The highest BCUT2D eigenvalue weighted by molar-refractivity contribution is 5.85. The predicted octanol–water partition coefficient (Wildman–Crippen LogP) is 1.32. The SMILES string of the molecule is Cc1c(C(F)F)[nH]c(C(=O)O)cc1=O. The van der Waals surface area contributed by atoms with Gasteiger partial charge in [0, 0.05) is 11.6 Å². The van der Waals surface area contributed by atoms with Crippen molar-refractivity contribution in [1.82, 2.24) is 4.98 Å². The van der Waals surface area contributed by atoms with Gasteiger partial charge in [0.25, 0.3) is 6.43 Å². The van der Waals surface area contributed by atoms with E-state index in [1.165, 1.54) is 6.92 Å². The third kappa shape index (κ3) is 1.78. The summed E-state index contributed by atoms with van der Waals surface area (Å²) in [5.74, 6) is -1.44. The second-order valence-corrected chi connectivity index (χ2v) is 2.69. The lowest BCUT2D eigenvalue weighted by atomic mass is 10.2. The van der Waals surface area contributed by atoms with Crippen molar-refractivity contribution in [3.05, 3.63) is 33.2 Å². The maximum Gasteiger partial charge on any atom is 0.352 e. The molecule has 14 heavy (non-hydrogen) atoms. The molecule has 1 heterocycles. The molecule has 0 aliphatic rings. The molecule has 0 unspecified atom stereocenters. The van der Waals surface area contributed by atoms with E-state index in [1.54, 1.807) is 0 Å². The number of hydrogen-bond donors (Lipinski definition) is 2. The summed E-state index contributed by atoms with van der Waals surface area (Å²) in [6, 6.07) is 0.781. The first-order valence-electron chi connectivity index (χ1n) is 3.68. The van der Waals surface area contributed by atoms with E-state index in [9.17, 15) is 18.4 Å². The average Bonchev–Trinajstić information content (AvgIpc) is 2.08. The molecule has 1 aromatic rings. The third-order valence-corrected chi connectivity index (χ3v) is 1.77. The molecule has 0 saturated carbocycles. The molecule has 1 rings (SSSR count). The fraction of sp³-hybridized carbons (Fsp3) is 0.250. The Bertz CT molecular complexity index is 425. The number of carboxylic acids is 1. The van der Waals surface area contributed by atoms with Crippen LogP contribution in [0.25, 0.3) is 0 Å². The summed E-state index contributed by atoms with van der Waals surface area (Å²) in [5, 5.41) is 8.49. The van der Waals surface area contributed by atoms with Gasteiger partial charge in [-0.25, -0.2) is 13.6 Å². The van der Waals surface area contributed by atoms with E-state index in [0.29, 0.717) is 0 Å². The normalized spacial score (nSPS) is 10.6. The van der Waals surface area contributed by atoms with Crippen LogP contribution in [0.2, 0.25) is 0 Å². The van der Waals surface area contributed by atoms with Crippen LogP contribution in [0.3, 0.4) is 0 Å². The van der Waals surface area contributed by atoms with Gasteiger partial charge < -0.3 is 10.1 Å². The quantitative estimate of drug-likeness (QED) is 0.761. The van der Waals surface area contributed by atoms with Crippen LogP contribution in [-0.2, 0) is 0 Å². The van der Waals surface area contributed by atoms with Gasteiger partial charge >= 0.3 is 5.97 Å². The van der Waals surface area contributed by atoms with Crippen LogP contribution in [0.5, 0.6) is 0 Å². The number of rotatable bonds is 2. The Kier molecular flexibility index (Phi) is 2.64. The van der Waals surface area contributed by atoms with Crippen molar-refractivity contribution >= 4 is 5.97 Å². The molecule has 6 heteroatoms. The van der Waals surface area contributed by atoms with E-state index in [4.69, 9.17) is 5.11 Å². The van der Waals surface area contributed by atoms with Gasteiger partial charge in [0.2, 0.25) is 0 Å². The van der Waals surface area contributed by atoms with Gasteiger partial charge in [0.1, 0.15) is 5.69 Å². The Balaban J connectivity index is 3.43. The summed E-state index contributed by atoms with van der Waals surface area (Å²) in [6.45, 7) is 1.21. The van der Waals surface area contributed by atoms with Crippen LogP contribution in [0.4, 0.5) is 8.78 Å². The Hall–Kier alpha value is -1.72. The Morgan fingerprint density at radius 1 is 1.57 bits per heavy atom. The number of H-pyrrole nitrogens is 1. The molecule has 76 valence electrons. The van der Waals surface area contributed by atoms with Crippen molar-refractivity contribution in [2.75, 3.05) is 0 Å². The van der Waals surface area contributed by atoms with Crippen molar-refractivity contribution in [3.63, 3.8) is 0 Å². The third-order valence-electron chi connectivity index (χ3n) is 1.77. The number of halogens is 2. The van der Waals surface area contributed by atoms with Crippen LogP contribution >= 0.6 is 0 Å². The first-order valence-corrected chi connectivity index (χ1v) is 3.68. The van der Waals surface area contributed by atoms with Gasteiger partial charge in [-0.2, -0.15) is 0 Å². The number of aromatic carboxylic acids is 1. The molecule has 0 radical (unpaired) electrons. The predicted molar refractivity (Wildman–Crippen MR) is 43.7 cm³/mol. The summed E-state index contributed by atoms with van der Waals surface area (Å²) >= 11 is 0. The monoisotopic (exact) mass is 203 g/mol. The van der Waals surface area contributed by atoms with Crippen molar-refractivity contribution in [3.8, 4) is 0 Å². The van der Waals surface area contributed by atoms with Crippen molar-refractivity contribution in [2.45, 2.75) is 13.3 Å². The molecule has 1 aromatic heterocycles. The highest BCUT2D eigenvalue weighted by Crippen LogP contribution is 2.18. The first-order chi connectivity index (χ1) is 6.43. The zero-order valence-corrected chi connectivity index (χ0v) is 7.17. The summed E-state index contributed by atoms with van der Waals surface area (Å²) < 4.78 is 24.6. The second kappa shape index (κ2) is 3.57. The molecule has 0 aromatic carbocycles. The summed E-state index contributed by atoms with van der Waals surface area (Å²) in [7, 11) is 0. The molecule has 0 saturated heterocycles. The number of pyridine rings is 1. The molecule has 0 amide bonds. The first kappa shape index (κ1) is 10.4. The number of aromatic amines is 1. The molecule has 0 atom stereocenters. The molecular weight excluding hydrogens is 196 g/mol. The number of hydrogen-bond acceptors (Lipinski definition) is 2. The van der Waals surface area contributed by atoms with Gasteiger partial charge in [-0.3, -0.25) is 4.79 Å². The minimum atomic E-state index is -2.89. The minimum absolute atomic E-state index is 0.162. The Labute approximate surface area is 77.2 Å². The van der Waals surface area contributed by atoms with Crippen molar-refractivity contribution in [1.29, 1.82) is 0 Å². The zero-order valence-electron chi connectivity index (χ0n) is 7.17. The van der Waals surface area contributed by atoms with Crippen molar-refractivity contribution in [2.24, 2.45) is 0 Å². The molecular formula is C8H7F2NO3. The number of alkyl halides is 2. The molecule has 2 N–H and O–H groups in total. The smallest absolute Gasteiger partial charge is 0.352 e. The maximum absolute atomic E-state index is 12.3. The molecule has 0 spiro atoms. The number of carbonyl (C=O) groups is 1. The molecule has 0 aliphatic heterocycles. The van der Waals surface area contributed by atoms with E-state index in [-0.39, 0.29) is 5.56 Å². The van der Waals surface area contributed by atoms with E-state index in [2.05, 4.69) is 0 Å². The number of nitrogens with one attached hydrogen (secondary N) is 1. The Morgan fingerprint density at radius 3 is 2.57 bits per heavy atom. The summed E-state index contributed by atoms with van der Waals surface area (Å²) in [5.41, 5.74) is -2.05. The maximum atomic E-state index is 12.3.